The van der Waals surface area contributed by atoms with Crippen LogP contribution >= 0.6 is 12.4 Å². The standard InChI is InChI=1S/C22H27N3O2.ClH/c26-21(18-8-3-1-4-9-18)12-7-15-25-16-13-20(14-17-25)24-22(27)23-19-10-5-2-6-11-19;/h1-6,8-11,20H,7,12-17H2,(H2,23,24,27);1H. The van der Waals surface area contributed by atoms with Crippen LogP contribution in [0, 0.1) is 0 Å². The molecule has 0 radical (unpaired) electrons. The second-order valence-corrected chi connectivity index (χ2v) is 6.97. The fourth-order valence-corrected chi connectivity index (χ4v) is 3.41. The maximum absolute atomic E-state index is 12.1. The van der Waals surface area contributed by atoms with Crippen molar-refractivity contribution >= 4 is 29.9 Å². The molecule has 0 atom stereocenters. The number of piperidine rings is 1. The Labute approximate surface area is 172 Å². The molecule has 5 nitrogen and oxygen atoms in total. The van der Waals surface area contributed by atoms with E-state index < -0.39 is 0 Å². The maximum atomic E-state index is 12.1. The smallest absolute Gasteiger partial charge is 0.319 e. The van der Waals surface area contributed by atoms with Gasteiger partial charge in [0.25, 0.3) is 0 Å². The van der Waals surface area contributed by atoms with Gasteiger partial charge in [-0.1, -0.05) is 48.5 Å². The van der Waals surface area contributed by atoms with Gasteiger partial charge in [-0.2, -0.15) is 0 Å². The van der Waals surface area contributed by atoms with Crippen molar-refractivity contribution in [3.05, 3.63) is 66.2 Å². The Balaban J connectivity index is 0.00000280. The molecule has 2 aromatic rings. The minimum Gasteiger partial charge on any atom is -0.335 e. The third-order valence-electron chi connectivity index (χ3n) is 4.93. The van der Waals surface area contributed by atoms with Crippen molar-refractivity contribution < 1.29 is 9.59 Å². The fourth-order valence-electron chi connectivity index (χ4n) is 3.41. The summed E-state index contributed by atoms with van der Waals surface area (Å²) < 4.78 is 0. The average molecular weight is 402 g/mol. The Bertz CT molecular complexity index is 732. The van der Waals surface area contributed by atoms with Gasteiger partial charge in [-0.25, -0.2) is 4.79 Å². The molecule has 2 N–H and O–H groups in total. The summed E-state index contributed by atoms with van der Waals surface area (Å²) in [5.41, 5.74) is 1.60. The first kappa shape index (κ1) is 21.9. The van der Waals surface area contributed by atoms with E-state index in [1.165, 1.54) is 0 Å². The predicted octanol–water partition coefficient (Wildman–Crippen LogP) is 4.36. The Hall–Kier alpha value is -2.37. The summed E-state index contributed by atoms with van der Waals surface area (Å²) in [6, 6.07) is 19.0. The largest absolute Gasteiger partial charge is 0.335 e. The van der Waals surface area contributed by atoms with E-state index in [2.05, 4.69) is 15.5 Å². The third-order valence-corrected chi connectivity index (χ3v) is 4.93. The number of hydrogen-bond acceptors (Lipinski definition) is 3. The summed E-state index contributed by atoms with van der Waals surface area (Å²) in [4.78, 5) is 26.6. The van der Waals surface area contributed by atoms with Crippen molar-refractivity contribution in [3.63, 3.8) is 0 Å². The topological polar surface area (TPSA) is 61.4 Å². The van der Waals surface area contributed by atoms with Crippen LogP contribution in [0.3, 0.4) is 0 Å². The van der Waals surface area contributed by atoms with Crippen LogP contribution < -0.4 is 10.6 Å². The highest BCUT2D eigenvalue weighted by atomic mass is 35.5. The summed E-state index contributed by atoms with van der Waals surface area (Å²) in [5, 5.41) is 5.91. The van der Waals surface area contributed by atoms with Gasteiger partial charge in [0, 0.05) is 36.8 Å². The van der Waals surface area contributed by atoms with E-state index in [1.54, 1.807) is 0 Å². The molecular formula is C22H28ClN3O2. The van der Waals surface area contributed by atoms with Gasteiger partial charge in [-0.05, 0) is 37.9 Å². The predicted molar refractivity (Wildman–Crippen MR) is 115 cm³/mol. The number of likely N-dealkylation sites (tertiary alicyclic amines) is 1. The SMILES string of the molecule is Cl.O=C(Nc1ccccc1)NC1CCN(CCCC(=O)c2ccccc2)CC1. The highest BCUT2D eigenvalue weighted by Gasteiger charge is 2.20. The van der Waals surface area contributed by atoms with Crippen molar-refractivity contribution in [2.45, 2.75) is 31.7 Å². The van der Waals surface area contributed by atoms with Crippen LogP contribution in [0.1, 0.15) is 36.0 Å². The number of Topliss-reactive ketones (excluding diaryl/α,β-unsaturated/α-hetero) is 1. The second kappa shape index (κ2) is 11.5. The highest BCUT2D eigenvalue weighted by molar-refractivity contribution is 5.95. The monoisotopic (exact) mass is 401 g/mol. The number of carbonyl (C=O) groups is 2. The molecule has 0 bridgehead atoms. The van der Waals surface area contributed by atoms with E-state index in [1.807, 2.05) is 60.7 Å². The number of benzene rings is 2. The zero-order valence-electron chi connectivity index (χ0n) is 16.0. The van der Waals surface area contributed by atoms with Gasteiger partial charge >= 0.3 is 6.03 Å². The van der Waals surface area contributed by atoms with Gasteiger partial charge < -0.3 is 15.5 Å². The van der Waals surface area contributed by atoms with E-state index in [9.17, 15) is 9.59 Å². The van der Waals surface area contributed by atoms with E-state index in [-0.39, 0.29) is 30.3 Å². The molecule has 3 rings (SSSR count). The number of hydrogen-bond donors (Lipinski definition) is 2. The quantitative estimate of drug-likeness (QED) is 0.677. The second-order valence-electron chi connectivity index (χ2n) is 6.97. The highest BCUT2D eigenvalue weighted by Crippen LogP contribution is 2.13. The van der Waals surface area contributed by atoms with Gasteiger partial charge in [0.1, 0.15) is 0 Å². The fraction of sp³-hybridized carbons (Fsp3) is 0.364. The molecule has 1 aliphatic rings. The molecule has 0 saturated carbocycles. The van der Waals surface area contributed by atoms with Gasteiger partial charge in [0.2, 0.25) is 0 Å². The number of carbonyl (C=O) groups excluding carboxylic acids is 2. The zero-order valence-corrected chi connectivity index (χ0v) is 16.8. The lowest BCUT2D eigenvalue weighted by Gasteiger charge is -2.32. The summed E-state index contributed by atoms with van der Waals surface area (Å²) in [6.07, 6.45) is 3.34. The molecule has 1 saturated heterocycles. The number of rotatable bonds is 7. The van der Waals surface area contributed by atoms with Crippen LogP contribution in [0.2, 0.25) is 0 Å². The van der Waals surface area contributed by atoms with Crippen molar-refractivity contribution in [2.24, 2.45) is 0 Å². The van der Waals surface area contributed by atoms with Crippen LogP contribution in [0.15, 0.2) is 60.7 Å². The average Bonchev–Trinajstić information content (AvgIpc) is 2.70. The number of halogens is 1. The maximum Gasteiger partial charge on any atom is 0.319 e. The Kier molecular flexibility index (Phi) is 8.98. The Morgan fingerprint density at radius 1 is 0.929 bits per heavy atom. The lowest BCUT2D eigenvalue weighted by molar-refractivity contribution is 0.0971. The lowest BCUT2D eigenvalue weighted by atomic mass is 10.0. The molecule has 0 unspecified atom stereocenters. The van der Waals surface area contributed by atoms with Crippen LogP contribution in [0.25, 0.3) is 0 Å². The van der Waals surface area contributed by atoms with Gasteiger partial charge in [-0.3, -0.25) is 4.79 Å². The van der Waals surface area contributed by atoms with Crippen LogP contribution in [0.5, 0.6) is 0 Å². The lowest BCUT2D eigenvalue weighted by Crippen LogP contribution is -2.46. The molecule has 0 spiro atoms. The molecule has 1 aliphatic heterocycles. The molecule has 0 aliphatic carbocycles. The van der Waals surface area contributed by atoms with Crippen molar-refractivity contribution in [2.75, 3.05) is 25.0 Å². The van der Waals surface area contributed by atoms with Gasteiger partial charge in [0.15, 0.2) is 5.78 Å². The molecule has 1 fully saturated rings. The first-order valence-corrected chi connectivity index (χ1v) is 9.64. The minimum absolute atomic E-state index is 0. The molecule has 2 amide bonds. The first-order chi connectivity index (χ1) is 13.2. The molecular weight excluding hydrogens is 374 g/mol. The number of ketones is 1. The number of amides is 2. The molecule has 1 heterocycles. The van der Waals surface area contributed by atoms with E-state index in [0.29, 0.717) is 6.42 Å². The number of nitrogens with one attached hydrogen (secondary N) is 2. The summed E-state index contributed by atoms with van der Waals surface area (Å²) >= 11 is 0. The molecule has 6 heteroatoms. The van der Waals surface area contributed by atoms with Gasteiger partial charge in [-0.15, -0.1) is 12.4 Å². The van der Waals surface area contributed by atoms with Crippen LogP contribution in [-0.4, -0.2) is 42.4 Å². The molecule has 150 valence electrons. The first-order valence-electron chi connectivity index (χ1n) is 9.64. The van der Waals surface area contributed by atoms with E-state index >= 15 is 0 Å². The number of para-hydroxylation sites is 1. The summed E-state index contributed by atoms with van der Waals surface area (Å²) in [6.45, 7) is 2.84. The third kappa shape index (κ3) is 6.98. The number of urea groups is 1. The van der Waals surface area contributed by atoms with E-state index in [0.717, 1.165) is 50.1 Å². The summed E-state index contributed by atoms with van der Waals surface area (Å²) in [5.74, 6) is 0.213. The Morgan fingerprint density at radius 2 is 1.54 bits per heavy atom. The van der Waals surface area contributed by atoms with E-state index in [4.69, 9.17) is 0 Å². The molecule has 28 heavy (non-hydrogen) atoms. The van der Waals surface area contributed by atoms with Crippen molar-refractivity contribution in [1.82, 2.24) is 10.2 Å². The zero-order chi connectivity index (χ0) is 18.9. The number of nitrogens with zero attached hydrogens (tertiary/aromatic N) is 1. The number of anilines is 1. The summed E-state index contributed by atoms with van der Waals surface area (Å²) in [7, 11) is 0. The molecule has 0 aromatic heterocycles. The van der Waals surface area contributed by atoms with Gasteiger partial charge in [0.05, 0.1) is 0 Å². The van der Waals surface area contributed by atoms with Crippen molar-refractivity contribution in [1.29, 1.82) is 0 Å². The van der Waals surface area contributed by atoms with Crippen LogP contribution in [-0.2, 0) is 0 Å². The van der Waals surface area contributed by atoms with Crippen LogP contribution in [0.4, 0.5) is 10.5 Å². The normalized spacial score (nSPS) is 14.7. The Morgan fingerprint density at radius 3 is 2.18 bits per heavy atom. The minimum atomic E-state index is -0.145. The molecule has 2 aromatic carbocycles. The van der Waals surface area contributed by atoms with Crippen molar-refractivity contribution in [3.8, 4) is 0 Å².